The van der Waals surface area contributed by atoms with E-state index in [-0.39, 0.29) is 17.1 Å². The van der Waals surface area contributed by atoms with E-state index in [4.69, 9.17) is 10.5 Å². The molecule has 156 valence electrons. The lowest BCUT2D eigenvalue weighted by Crippen LogP contribution is -2.13. The summed E-state index contributed by atoms with van der Waals surface area (Å²) >= 11 is 1.40. The van der Waals surface area contributed by atoms with Crippen LogP contribution in [0.3, 0.4) is 0 Å². The zero-order valence-electron chi connectivity index (χ0n) is 16.6. The van der Waals surface area contributed by atoms with Crippen LogP contribution in [0.4, 0.5) is 0 Å². The van der Waals surface area contributed by atoms with Crippen molar-refractivity contribution in [3.8, 4) is 28.5 Å². The number of aromatic hydroxyl groups is 2. The lowest BCUT2D eigenvalue weighted by molar-refractivity contribution is 0.0998. The number of hydrogen-bond donors (Lipinski definition) is 3. The Balaban J connectivity index is 2.07. The lowest BCUT2D eigenvalue weighted by Gasteiger charge is -2.07. The van der Waals surface area contributed by atoms with Crippen LogP contribution in [0, 0.1) is 0 Å². The highest BCUT2D eigenvalue weighted by atomic mass is 32.1. The summed E-state index contributed by atoms with van der Waals surface area (Å²) < 4.78 is 7.07. The van der Waals surface area contributed by atoms with Gasteiger partial charge >= 0.3 is 0 Å². The van der Waals surface area contributed by atoms with Crippen molar-refractivity contribution in [3.63, 3.8) is 0 Å². The zero-order chi connectivity index (χ0) is 21.7. The molecule has 0 saturated heterocycles. The molecule has 2 aromatic carbocycles. The number of nitrogens with zero attached hydrogens (tertiary/aromatic N) is 3. The predicted molar refractivity (Wildman–Crippen MR) is 116 cm³/mol. The molecule has 4 N–H and O–H groups in total. The minimum Gasteiger partial charge on any atom is -0.507 e. The van der Waals surface area contributed by atoms with Crippen LogP contribution >= 0.6 is 11.3 Å². The van der Waals surface area contributed by atoms with Gasteiger partial charge in [0.05, 0.1) is 24.1 Å². The highest BCUT2D eigenvalue weighted by Crippen LogP contribution is 2.27. The molecule has 0 unspecified atom stereocenters. The Morgan fingerprint density at radius 1 is 1.20 bits per heavy atom. The number of rotatable bonds is 7. The standard InChI is InChI=1S/C21H22N4O4S/c1-3-23-21-25(24-11-13-5-7-18(27)19(9-13)29-4-2)16(12-30-21)14-6-8-17(26)15(10-14)20(22)28/h5-12,26-27H,3-4H2,1-2H3,(H2,22,28). The van der Waals surface area contributed by atoms with Gasteiger partial charge in [-0.1, -0.05) is 0 Å². The number of phenolic OH excluding ortho intramolecular Hbond substituents is 1. The van der Waals surface area contributed by atoms with Crippen molar-refractivity contribution >= 4 is 23.5 Å². The number of carbonyl (C=O) groups is 1. The van der Waals surface area contributed by atoms with Gasteiger partial charge in [0.25, 0.3) is 5.91 Å². The van der Waals surface area contributed by atoms with E-state index < -0.39 is 5.91 Å². The van der Waals surface area contributed by atoms with Gasteiger partial charge < -0.3 is 20.7 Å². The molecule has 0 saturated carbocycles. The monoisotopic (exact) mass is 426 g/mol. The molecule has 0 fully saturated rings. The number of ether oxygens (including phenoxy) is 1. The number of carbonyl (C=O) groups excluding carboxylic acids is 1. The molecule has 1 heterocycles. The summed E-state index contributed by atoms with van der Waals surface area (Å²) in [5, 5.41) is 26.2. The molecule has 0 atom stereocenters. The van der Waals surface area contributed by atoms with Gasteiger partial charge in [-0.15, -0.1) is 11.3 Å². The van der Waals surface area contributed by atoms with Crippen LogP contribution in [0.15, 0.2) is 51.9 Å². The number of primary amides is 1. The maximum absolute atomic E-state index is 11.6. The van der Waals surface area contributed by atoms with E-state index in [9.17, 15) is 15.0 Å². The first-order chi connectivity index (χ1) is 14.4. The van der Waals surface area contributed by atoms with Crippen LogP contribution < -0.4 is 15.3 Å². The number of phenols is 2. The quantitative estimate of drug-likeness (QED) is 0.503. The van der Waals surface area contributed by atoms with Gasteiger partial charge in [0.15, 0.2) is 11.5 Å². The molecule has 1 aromatic heterocycles. The third-order valence-corrected chi connectivity index (χ3v) is 5.00. The Labute approximate surface area is 177 Å². The van der Waals surface area contributed by atoms with Gasteiger partial charge in [0.2, 0.25) is 4.80 Å². The van der Waals surface area contributed by atoms with E-state index in [1.165, 1.54) is 23.5 Å². The first-order valence-electron chi connectivity index (χ1n) is 9.29. The van der Waals surface area contributed by atoms with Gasteiger partial charge in [0, 0.05) is 17.5 Å². The molecule has 0 aliphatic heterocycles. The Bertz CT molecular complexity index is 1160. The summed E-state index contributed by atoms with van der Waals surface area (Å²) in [7, 11) is 0. The Morgan fingerprint density at radius 2 is 1.97 bits per heavy atom. The van der Waals surface area contributed by atoms with Crippen molar-refractivity contribution in [1.29, 1.82) is 0 Å². The first kappa shape index (κ1) is 21.1. The molecule has 1 amide bonds. The van der Waals surface area contributed by atoms with Crippen molar-refractivity contribution < 1.29 is 19.7 Å². The molecule has 0 aliphatic carbocycles. The molecule has 3 aromatic rings. The smallest absolute Gasteiger partial charge is 0.252 e. The van der Waals surface area contributed by atoms with E-state index in [1.54, 1.807) is 35.2 Å². The Morgan fingerprint density at radius 3 is 2.67 bits per heavy atom. The number of thiazole rings is 1. The van der Waals surface area contributed by atoms with Crippen molar-refractivity contribution in [1.82, 2.24) is 4.68 Å². The van der Waals surface area contributed by atoms with Crippen LogP contribution in [-0.4, -0.2) is 40.2 Å². The highest BCUT2D eigenvalue weighted by molar-refractivity contribution is 7.07. The van der Waals surface area contributed by atoms with E-state index >= 15 is 0 Å². The number of benzene rings is 2. The maximum atomic E-state index is 11.6. The van der Waals surface area contributed by atoms with E-state index in [1.807, 2.05) is 19.2 Å². The number of hydrogen-bond acceptors (Lipinski definition) is 7. The minimum absolute atomic E-state index is 0.0306. The van der Waals surface area contributed by atoms with Crippen molar-refractivity contribution in [3.05, 3.63) is 57.7 Å². The second kappa shape index (κ2) is 9.27. The van der Waals surface area contributed by atoms with Crippen molar-refractivity contribution in [2.75, 3.05) is 13.2 Å². The SMILES string of the molecule is CCN=c1scc(-c2ccc(O)c(C(N)=O)c2)n1N=Cc1ccc(O)c(OCC)c1. The fraction of sp³-hybridized carbons (Fsp3) is 0.190. The van der Waals surface area contributed by atoms with Crippen LogP contribution in [0.5, 0.6) is 17.2 Å². The Kier molecular flexibility index (Phi) is 6.53. The molecule has 0 bridgehead atoms. The van der Waals surface area contributed by atoms with E-state index in [0.29, 0.717) is 35.0 Å². The molecule has 8 nitrogen and oxygen atoms in total. The number of aromatic nitrogens is 1. The molecule has 0 radical (unpaired) electrons. The van der Waals surface area contributed by atoms with Gasteiger partial charge in [-0.2, -0.15) is 5.10 Å². The minimum atomic E-state index is -0.717. The summed E-state index contributed by atoms with van der Waals surface area (Å²) in [6.45, 7) is 4.77. The second-order valence-electron chi connectivity index (χ2n) is 6.19. The van der Waals surface area contributed by atoms with Gasteiger partial charge in [-0.3, -0.25) is 9.79 Å². The summed E-state index contributed by atoms with van der Waals surface area (Å²) in [6.07, 6.45) is 1.63. The van der Waals surface area contributed by atoms with Crippen LogP contribution in [0.1, 0.15) is 29.8 Å². The average molecular weight is 426 g/mol. The normalized spacial score (nSPS) is 11.9. The van der Waals surface area contributed by atoms with Crippen LogP contribution in [-0.2, 0) is 0 Å². The topological polar surface area (TPSA) is 122 Å². The van der Waals surface area contributed by atoms with Gasteiger partial charge in [-0.05, 0) is 55.8 Å². The Hall–Kier alpha value is -3.59. The van der Waals surface area contributed by atoms with Gasteiger partial charge in [0.1, 0.15) is 5.75 Å². The molecule has 30 heavy (non-hydrogen) atoms. The van der Waals surface area contributed by atoms with Gasteiger partial charge in [-0.25, -0.2) is 4.68 Å². The molecule has 3 rings (SSSR count). The molecule has 0 aliphatic rings. The highest BCUT2D eigenvalue weighted by Gasteiger charge is 2.13. The third kappa shape index (κ3) is 4.52. The fourth-order valence-corrected chi connectivity index (χ4v) is 3.65. The predicted octanol–water partition coefficient (Wildman–Crippen LogP) is 2.93. The van der Waals surface area contributed by atoms with Crippen LogP contribution in [0.2, 0.25) is 0 Å². The first-order valence-corrected chi connectivity index (χ1v) is 10.2. The molecular weight excluding hydrogens is 404 g/mol. The average Bonchev–Trinajstić information content (AvgIpc) is 3.12. The summed E-state index contributed by atoms with van der Waals surface area (Å²) in [6, 6.07) is 9.58. The van der Waals surface area contributed by atoms with E-state index in [0.717, 1.165) is 5.56 Å². The largest absolute Gasteiger partial charge is 0.507 e. The zero-order valence-corrected chi connectivity index (χ0v) is 17.4. The molecule has 0 spiro atoms. The second-order valence-corrected chi connectivity index (χ2v) is 7.03. The summed E-state index contributed by atoms with van der Waals surface area (Å²) in [5.41, 5.74) is 7.46. The summed E-state index contributed by atoms with van der Waals surface area (Å²) in [5.74, 6) is -0.462. The summed E-state index contributed by atoms with van der Waals surface area (Å²) in [4.78, 5) is 16.7. The van der Waals surface area contributed by atoms with Crippen molar-refractivity contribution in [2.24, 2.45) is 15.8 Å². The number of amides is 1. The lowest BCUT2D eigenvalue weighted by atomic mass is 10.1. The molecular formula is C21H22N4O4S. The third-order valence-electron chi connectivity index (χ3n) is 4.14. The molecule has 9 heteroatoms. The maximum Gasteiger partial charge on any atom is 0.252 e. The van der Waals surface area contributed by atoms with E-state index in [2.05, 4.69) is 10.1 Å². The number of nitrogens with two attached hydrogens (primary N) is 1. The fourth-order valence-electron chi connectivity index (χ4n) is 2.75. The van der Waals surface area contributed by atoms with Crippen LogP contribution in [0.25, 0.3) is 11.3 Å². The van der Waals surface area contributed by atoms with Crippen molar-refractivity contribution in [2.45, 2.75) is 13.8 Å².